The van der Waals surface area contributed by atoms with Gasteiger partial charge in [-0.3, -0.25) is 0 Å². The second-order valence-electron chi connectivity index (χ2n) is 17.1. The van der Waals surface area contributed by atoms with Crippen molar-refractivity contribution >= 4 is 0 Å². The fourth-order valence-electron chi connectivity index (χ4n) is 12.9. The van der Waals surface area contributed by atoms with E-state index in [4.69, 9.17) is 0 Å². The molecule has 0 aliphatic heterocycles. The Morgan fingerprint density at radius 3 is 2.00 bits per heavy atom. The summed E-state index contributed by atoms with van der Waals surface area (Å²) < 4.78 is 0. The second kappa shape index (κ2) is 9.72. The number of rotatable bonds is 3. The molecule has 38 heavy (non-hydrogen) atoms. The summed E-state index contributed by atoms with van der Waals surface area (Å²) in [6, 6.07) is 0. The lowest BCUT2D eigenvalue weighted by molar-refractivity contribution is -0.319. The Labute approximate surface area is 236 Å². The van der Waals surface area contributed by atoms with Gasteiger partial charge >= 0.3 is 0 Å². The van der Waals surface area contributed by atoms with Gasteiger partial charge in [0.25, 0.3) is 0 Å². The number of hydrogen-bond acceptors (Lipinski definition) is 3. The molecule has 0 radical (unpaired) electrons. The molecule has 0 bridgehead atoms. The van der Waals surface area contributed by atoms with Crippen molar-refractivity contribution in [1.29, 1.82) is 0 Å². The van der Waals surface area contributed by atoms with Crippen LogP contribution in [0.4, 0.5) is 0 Å². The van der Waals surface area contributed by atoms with Crippen molar-refractivity contribution in [3.8, 4) is 0 Å². The summed E-state index contributed by atoms with van der Waals surface area (Å²) >= 11 is 0. The Morgan fingerprint density at radius 1 is 0.921 bits per heavy atom. The first-order chi connectivity index (χ1) is 17.3. The minimum absolute atomic E-state index is 0.00560. The van der Waals surface area contributed by atoms with Gasteiger partial charge in [0.1, 0.15) is 0 Å². The fourth-order valence-corrected chi connectivity index (χ4v) is 12.9. The zero-order valence-corrected chi connectivity index (χ0v) is 27.3. The van der Waals surface area contributed by atoms with Crippen molar-refractivity contribution in [3.63, 3.8) is 0 Å². The SMILES string of the molecule is CCCC1CC(C(C)(C)C)C(C)C2C(O)C3C(C)C4(C)C(O)C(C(C)O)C(C)CC4(C)C(C)C3(C)C(C)C12. The van der Waals surface area contributed by atoms with Gasteiger partial charge in [0.05, 0.1) is 18.3 Å². The van der Waals surface area contributed by atoms with Gasteiger partial charge in [0.15, 0.2) is 0 Å². The topological polar surface area (TPSA) is 60.7 Å². The van der Waals surface area contributed by atoms with Crippen LogP contribution in [0.1, 0.15) is 116 Å². The third-order valence-corrected chi connectivity index (χ3v) is 15.1. The van der Waals surface area contributed by atoms with E-state index in [1.54, 1.807) is 0 Å². The number of aliphatic hydroxyl groups excluding tert-OH is 3. The second-order valence-corrected chi connectivity index (χ2v) is 17.1. The van der Waals surface area contributed by atoms with Crippen LogP contribution in [-0.2, 0) is 0 Å². The van der Waals surface area contributed by atoms with Gasteiger partial charge in [-0.05, 0) is 95.2 Å². The Morgan fingerprint density at radius 2 is 1.50 bits per heavy atom. The van der Waals surface area contributed by atoms with Gasteiger partial charge in [-0.2, -0.15) is 0 Å². The highest BCUT2D eigenvalue weighted by molar-refractivity contribution is 5.22. The van der Waals surface area contributed by atoms with Crippen molar-refractivity contribution < 1.29 is 15.3 Å². The molecule has 4 aliphatic rings. The molecule has 0 aromatic rings. The van der Waals surface area contributed by atoms with Crippen LogP contribution < -0.4 is 0 Å². The molecule has 0 amide bonds. The Hall–Kier alpha value is -0.120. The molecule has 4 fully saturated rings. The van der Waals surface area contributed by atoms with E-state index in [0.717, 1.165) is 6.42 Å². The van der Waals surface area contributed by atoms with E-state index < -0.39 is 12.2 Å². The molecular formula is C35H64O3. The molecule has 3 nitrogen and oxygen atoms in total. The lowest BCUT2D eigenvalue weighted by Gasteiger charge is -2.76. The molecule has 3 heteroatoms. The van der Waals surface area contributed by atoms with Crippen LogP contribution in [0.3, 0.4) is 0 Å². The van der Waals surface area contributed by atoms with Crippen molar-refractivity contribution in [2.24, 2.45) is 86.8 Å². The van der Waals surface area contributed by atoms with Gasteiger partial charge in [0, 0.05) is 11.3 Å². The van der Waals surface area contributed by atoms with Crippen molar-refractivity contribution in [1.82, 2.24) is 0 Å². The predicted octanol–water partition coefficient (Wildman–Crippen LogP) is 7.67. The van der Waals surface area contributed by atoms with Crippen LogP contribution >= 0.6 is 0 Å². The van der Waals surface area contributed by atoms with Crippen LogP contribution in [0.25, 0.3) is 0 Å². The fraction of sp³-hybridized carbons (Fsp3) is 1.00. The minimum atomic E-state index is -0.572. The summed E-state index contributed by atoms with van der Waals surface area (Å²) in [7, 11) is 0. The lowest BCUT2D eigenvalue weighted by Crippen LogP contribution is -2.75. The van der Waals surface area contributed by atoms with E-state index in [1.165, 1.54) is 19.3 Å². The van der Waals surface area contributed by atoms with Crippen LogP contribution in [0, 0.1) is 86.8 Å². The lowest BCUT2D eigenvalue weighted by atomic mass is 9.29. The quantitative estimate of drug-likeness (QED) is 0.349. The van der Waals surface area contributed by atoms with Gasteiger partial charge in [-0.15, -0.1) is 0 Å². The highest BCUT2D eigenvalue weighted by Gasteiger charge is 2.74. The van der Waals surface area contributed by atoms with Gasteiger partial charge in [-0.1, -0.05) is 95.9 Å². The zero-order chi connectivity index (χ0) is 28.9. The Bertz CT molecular complexity index is 862. The summed E-state index contributed by atoms with van der Waals surface area (Å²) in [4.78, 5) is 0. The molecule has 4 aliphatic carbocycles. The van der Waals surface area contributed by atoms with Crippen molar-refractivity contribution in [3.05, 3.63) is 0 Å². The first-order valence-electron chi connectivity index (χ1n) is 16.4. The van der Waals surface area contributed by atoms with Crippen LogP contribution in [0.5, 0.6) is 0 Å². The molecule has 0 aromatic heterocycles. The summed E-state index contributed by atoms with van der Waals surface area (Å²) in [5, 5.41) is 35.6. The van der Waals surface area contributed by atoms with E-state index in [0.29, 0.717) is 41.4 Å². The minimum Gasteiger partial charge on any atom is -0.393 e. The highest BCUT2D eigenvalue weighted by atomic mass is 16.3. The number of fused-ring (bicyclic) bond motifs is 3. The van der Waals surface area contributed by atoms with E-state index in [1.807, 2.05) is 6.92 Å². The van der Waals surface area contributed by atoms with Gasteiger partial charge < -0.3 is 15.3 Å². The van der Waals surface area contributed by atoms with Gasteiger partial charge in [-0.25, -0.2) is 0 Å². The third kappa shape index (κ3) is 3.82. The largest absolute Gasteiger partial charge is 0.393 e. The highest BCUT2D eigenvalue weighted by Crippen LogP contribution is 2.76. The first kappa shape index (κ1) is 30.8. The van der Waals surface area contributed by atoms with E-state index in [9.17, 15) is 15.3 Å². The third-order valence-electron chi connectivity index (χ3n) is 15.1. The molecule has 222 valence electrons. The first-order valence-corrected chi connectivity index (χ1v) is 16.4. The molecule has 17 atom stereocenters. The van der Waals surface area contributed by atoms with E-state index in [2.05, 4.69) is 83.1 Å². The summed E-state index contributed by atoms with van der Waals surface area (Å²) in [6.07, 6.45) is 3.35. The van der Waals surface area contributed by atoms with Crippen molar-refractivity contribution in [2.75, 3.05) is 0 Å². The molecule has 17 unspecified atom stereocenters. The maximum absolute atomic E-state index is 12.7. The Kier molecular flexibility index (Phi) is 7.89. The molecule has 0 aromatic carbocycles. The summed E-state index contributed by atoms with van der Waals surface area (Å²) in [6.45, 7) is 30.9. The molecule has 0 spiro atoms. The summed E-state index contributed by atoms with van der Waals surface area (Å²) in [5.41, 5.74) is -0.179. The van der Waals surface area contributed by atoms with Gasteiger partial charge in [0.2, 0.25) is 0 Å². The average Bonchev–Trinajstić information content (AvgIpc) is 2.79. The predicted molar refractivity (Wildman–Crippen MR) is 158 cm³/mol. The molecule has 0 saturated heterocycles. The maximum Gasteiger partial charge on any atom is 0.0657 e. The van der Waals surface area contributed by atoms with Crippen LogP contribution in [0.15, 0.2) is 0 Å². The van der Waals surface area contributed by atoms with E-state index >= 15 is 0 Å². The number of hydrogen-bond donors (Lipinski definition) is 3. The van der Waals surface area contributed by atoms with Crippen LogP contribution in [0.2, 0.25) is 0 Å². The number of aliphatic hydroxyl groups is 3. The maximum atomic E-state index is 12.7. The molecule has 3 N–H and O–H groups in total. The monoisotopic (exact) mass is 532 g/mol. The molecular weight excluding hydrogens is 468 g/mol. The normalized spacial score (nSPS) is 57.9. The zero-order valence-electron chi connectivity index (χ0n) is 27.3. The van der Waals surface area contributed by atoms with E-state index in [-0.39, 0.29) is 51.4 Å². The van der Waals surface area contributed by atoms with Crippen molar-refractivity contribution in [2.45, 2.75) is 134 Å². The smallest absolute Gasteiger partial charge is 0.0657 e. The summed E-state index contributed by atoms with van der Waals surface area (Å²) in [5.74, 6) is 4.01. The Balaban J connectivity index is 1.88. The molecule has 0 heterocycles. The molecule has 4 rings (SSSR count). The average molecular weight is 533 g/mol. The van der Waals surface area contributed by atoms with Crippen LogP contribution in [-0.4, -0.2) is 33.6 Å². The standard InChI is InChI=1S/C35H64O3/c1-14-15-24-16-25(32(8,9)10)19(3)27-28(24)20(4)34(12)23(7)33(11)17-18(2)26(22(6)36)31(38)35(33,13)21(5)29(34)30(27)37/h18-31,36-38H,14-17H2,1-13H3. The molecule has 4 saturated carbocycles.